The quantitative estimate of drug-likeness (QED) is 0.584. The van der Waals surface area contributed by atoms with Gasteiger partial charge in [-0.25, -0.2) is 0 Å². The van der Waals surface area contributed by atoms with Crippen molar-refractivity contribution in [1.29, 1.82) is 0 Å². The zero-order valence-electron chi connectivity index (χ0n) is 7.34. The summed E-state index contributed by atoms with van der Waals surface area (Å²) < 4.78 is 0. The van der Waals surface area contributed by atoms with Crippen molar-refractivity contribution in [2.24, 2.45) is 0 Å². The van der Waals surface area contributed by atoms with Crippen LogP contribution < -0.4 is 0 Å². The van der Waals surface area contributed by atoms with E-state index in [-0.39, 0.29) is 5.78 Å². The van der Waals surface area contributed by atoms with Gasteiger partial charge in [-0.05, 0) is 30.4 Å². The molecule has 0 saturated heterocycles. The van der Waals surface area contributed by atoms with Gasteiger partial charge in [0.1, 0.15) is 0 Å². The molecule has 13 heavy (non-hydrogen) atoms. The van der Waals surface area contributed by atoms with Crippen LogP contribution in [0.3, 0.4) is 0 Å². The van der Waals surface area contributed by atoms with E-state index in [2.05, 4.69) is 6.07 Å². The Bertz CT molecular complexity index is 427. The van der Waals surface area contributed by atoms with Crippen LogP contribution in [-0.2, 0) is 6.42 Å². The third-order valence-electron chi connectivity index (χ3n) is 3.04. The molecule has 2 aliphatic rings. The zero-order chi connectivity index (χ0) is 8.84. The summed E-state index contributed by atoms with van der Waals surface area (Å²) in [5.74, 6) is 0.281. The van der Waals surface area contributed by atoms with E-state index in [0.29, 0.717) is 0 Å². The van der Waals surface area contributed by atoms with Crippen LogP contribution in [0.2, 0.25) is 0 Å². The van der Waals surface area contributed by atoms with Crippen molar-refractivity contribution in [3.05, 3.63) is 46.5 Å². The number of carbonyl (C=O) groups excluding carboxylic acids is 1. The lowest BCUT2D eigenvalue weighted by molar-refractivity contribution is 0.102. The molecule has 0 radical (unpaired) electrons. The molecule has 0 saturated carbocycles. The molecule has 0 unspecified atom stereocenters. The Labute approximate surface area is 77.1 Å². The average molecular weight is 170 g/mol. The minimum Gasteiger partial charge on any atom is -0.289 e. The fourth-order valence-corrected chi connectivity index (χ4v) is 2.18. The van der Waals surface area contributed by atoms with Gasteiger partial charge < -0.3 is 0 Å². The lowest BCUT2D eigenvalue weighted by Gasteiger charge is -2.28. The second-order valence-corrected chi connectivity index (χ2v) is 3.75. The molecule has 64 valence electrons. The van der Waals surface area contributed by atoms with Gasteiger partial charge in [-0.1, -0.05) is 29.8 Å². The molecule has 0 aliphatic heterocycles. The third-order valence-corrected chi connectivity index (χ3v) is 3.04. The van der Waals surface area contributed by atoms with Gasteiger partial charge in [0.05, 0.1) is 0 Å². The average Bonchev–Trinajstić information content (AvgIpc) is 2.11. The molecule has 0 aromatic heterocycles. The van der Waals surface area contributed by atoms with Gasteiger partial charge in [-0.2, -0.15) is 0 Å². The molecule has 0 amide bonds. The Balaban J connectivity index is 2.20. The van der Waals surface area contributed by atoms with Crippen molar-refractivity contribution in [2.45, 2.75) is 19.3 Å². The molecule has 0 atom stereocenters. The summed E-state index contributed by atoms with van der Waals surface area (Å²) in [6, 6.07) is 7.96. The Morgan fingerprint density at radius 2 is 1.92 bits per heavy atom. The highest BCUT2D eigenvalue weighted by atomic mass is 16.1. The molecule has 0 spiro atoms. The molecule has 3 rings (SSSR count). The number of fused-ring (bicyclic) bond motifs is 1. The van der Waals surface area contributed by atoms with E-state index in [1.807, 2.05) is 18.2 Å². The van der Waals surface area contributed by atoms with Gasteiger partial charge in [0.25, 0.3) is 0 Å². The minimum atomic E-state index is 0.281. The monoisotopic (exact) mass is 170 g/mol. The van der Waals surface area contributed by atoms with Gasteiger partial charge in [-0.15, -0.1) is 0 Å². The van der Waals surface area contributed by atoms with Crippen molar-refractivity contribution in [3.63, 3.8) is 0 Å². The van der Waals surface area contributed by atoms with E-state index in [0.717, 1.165) is 30.4 Å². The number of Topliss-reactive ketones (excluding diaryl/α,β-unsaturated/α-hetero) is 1. The Morgan fingerprint density at radius 1 is 1.08 bits per heavy atom. The lowest BCUT2D eigenvalue weighted by atomic mass is 9.75. The Hall–Kier alpha value is -1.37. The smallest absolute Gasteiger partial charge is 0.189 e. The Morgan fingerprint density at radius 3 is 2.69 bits per heavy atom. The van der Waals surface area contributed by atoms with Crippen LogP contribution in [0.15, 0.2) is 35.4 Å². The van der Waals surface area contributed by atoms with Crippen LogP contribution in [0.4, 0.5) is 0 Å². The van der Waals surface area contributed by atoms with Gasteiger partial charge >= 0.3 is 0 Å². The molecule has 1 aromatic carbocycles. The molecule has 2 aliphatic carbocycles. The predicted octanol–water partition coefficient (Wildman–Crippen LogP) is 2.52. The number of allylic oxidation sites excluding steroid dienone is 2. The van der Waals surface area contributed by atoms with Crippen molar-refractivity contribution in [3.8, 4) is 0 Å². The van der Waals surface area contributed by atoms with Crippen LogP contribution in [0.1, 0.15) is 28.8 Å². The minimum absolute atomic E-state index is 0.281. The normalized spacial score (nSPS) is 19.2. The first kappa shape index (κ1) is 7.07. The summed E-state index contributed by atoms with van der Waals surface area (Å²) in [7, 11) is 0. The highest BCUT2D eigenvalue weighted by molar-refractivity contribution is 6.12. The van der Waals surface area contributed by atoms with Crippen LogP contribution in [0.25, 0.3) is 0 Å². The van der Waals surface area contributed by atoms with E-state index in [4.69, 9.17) is 0 Å². The van der Waals surface area contributed by atoms with Gasteiger partial charge in [0.15, 0.2) is 5.78 Å². The van der Waals surface area contributed by atoms with Crippen LogP contribution >= 0.6 is 0 Å². The highest BCUT2D eigenvalue weighted by Crippen LogP contribution is 2.38. The topological polar surface area (TPSA) is 17.1 Å². The summed E-state index contributed by atoms with van der Waals surface area (Å²) in [5.41, 5.74) is 4.62. The largest absolute Gasteiger partial charge is 0.289 e. The zero-order valence-corrected chi connectivity index (χ0v) is 7.34. The maximum absolute atomic E-state index is 11.8. The third kappa shape index (κ3) is 0.844. The SMILES string of the molecule is O=C1C2=C(CC2)Cc2ccccc21. The summed E-state index contributed by atoms with van der Waals surface area (Å²) in [6.45, 7) is 0. The summed E-state index contributed by atoms with van der Waals surface area (Å²) >= 11 is 0. The second-order valence-electron chi connectivity index (χ2n) is 3.75. The fraction of sp³-hybridized carbons (Fsp3) is 0.250. The fourth-order valence-electron chi connectivity index (χ4n) is 2.18. The standard InChI is InChI=1S/C12H10O/c13-12-10-4-2-1-3-8(10)7-9-5-6-11(9)12/h1-4H,5-7H2. The number of hydrogen-bond donors (Lipinski definition) is 0. The highest BCUT2D eigenvalue weighted by Gasteiger charge is 2.30. The predicted molar refractivity (Wildman–Crippen MR) is 50.7 cm³/mol. The molecule has 0 bridgehead atoms. The first-order chi connectivity index (χ1) is 6.36. The number of ketones is 1. The number of carbonyl (C=O) groups is 1. The van der Waals surface area contributed by atoms with E-state index in [1.54, 1.807) is 0 Å². The van der Waals surface area contributed by atoms with Crippen LogP contribution in [0.5, 0.6) is 0 Å². The van der Waals surface area contributed by atoms with E-state index >= 15 is 0 Å². The molecule has 0 fully saturated rings. The van der Waals surface area contributed by atoms with Crippen LogP contribution in [-0.4, -0.2) is 5.78 Å². The molecule has 0 N–H and O–H groups in total. The van der Waals surface area contributed by atoms with Crippen LogP contribution in [0, 0.1) is 0 Å². The maximum Gasteiger partial charge on any atom is 0.189 e. The van der Waals surface area contributed by atoms with Crippen molar-refractivity contribution in [1.82, 2.24) is 0 Å². The van der Waals surface area contributed by atoms with E-state index in [9.17, 15) is 4.79 Å². The van der Waals surface area contributed by atoms with E-state index < -0.39 is 0 Å². The summed E-state index contributed by atoms with van der Waals surface area (Å²) in [5, 5.41) is 0. The number of hydrogen-bond acceptors (Lipinski definition) is 1. The molecule has 0 heterocycles. The number of rotatable bonds is 0. The second kappa shape index (κ2) is 2.32. The first-order valence-electron chi connectivity index (χ1n) is 4.70. The Kier molecular flexibility index (Phi) is 1.26. The van der Waals surface area contributed by atoms with Crippen molar-refractivity contribution in [2.75, 3.05) is 0 Å². The van der Waals surface area contributed by atoms with Gasteiger partial charge in [0, 0.05) is 5.56 Å². The molecular weight excluding hydrogens is 160 g/mol. The number of benzene rings is 1. The van der Waals surface area contributed by atoms with Gasteiger partial charge in [0.2, 0.25) is 0 Å². The van der Waals surface area contributed by atoms with Gasteiger partial charge in [-0.3, -0.25) is 4.79 Å². The summed E-state index contributed by atoms with van der Waals surface area (Å²) in [4.78, 5) is 11.8. The molecular formula is C12H10O. The van der Waals surface area contributed by atoms with Crippen molar-refractivity contribution >= 4 is 5.78 Å². The maximum atomic E-state index is 11.8. The summed E-state index contributed by atoms with van der Waals surface area (Å²) in [6.07, 6.45) is 3.15. The molecule has 1 heteroatoms. The van der Waals surface area contributed by atoms with E-state index in [1.165, 1.54) is 11.1 Å². The molecule has 1 aromatic rings. The van der Waals surface area contributed by atoms with Crippen molar-refractivity contribution < 1.29 is 4.79 Å². The first-order valence-corrected chi connectivity index (χ1v) is 4.70. The lowest BCUT2D eigenvalue weighted by Crippen LogP contribution is -2.22. The molecule has 1 nitrogen and oxygen atoms in total.